The summed E-state index contributed by atoms with van der Waals surface area (Å²) in [5, 5.41) is 0.609. The summed E-state index contributed by atoms with van der Waals surface area (Å²) < 4.78 is 8.09. The van der Waals surface area contributed by atoms with Crippen LogP contribution in [0.5, 0.6) is 11.5 Å². The van der Waals surface area contributed by atoms with Crippen LogP contribution in [-0.4, -0.2) is 0 Å². The van der Waals surface area contributed by atoms with E-state index in [9.17, 15) is 0 Å². The van der Waals surface area contributed by atoms with E-state index in [4.69, 9.17) is 16.3 Å². The Morgan fingerprint density at radius 1 is 0.941 bits per heavy atom. The highest BCUT2D eigenvalue weighted by atomic mass is 79.9. The van der Waals surface area contributed by atoms with Gasteiger partial charge in [0, 0.05) is 4.47 Å². The van der Waals surface area contributed by atoms with E-state index in [0.29, 0.717) is 10.8 Å². The highest BCUT2D eigenvalue weighted by Crippen LogP contribution is 2.43. The molecular weight excluding hydrogens is 435 g/mol. The van der Waals surface area contributed by atoms with Crippen LogP contribution in [0.25, 0.3) is 0 Å². The summed E-state index contributed by atoms with van der Waals surface area (Å²) in [5.74, 6) is 1.47. The molecule has 5 heteroatoms. The highest BCUT2D eigenvalue weighted by molar-refractivity contribution is 9.13. The summed E-state index contributed by atoms with van der Waals surface area (Å²) in [6.45, 7) is 0. The van der Waals surface area contributed by atoms with Gasteiger partial charge in [-0.25, -0.2) is 0 Å². The van der Waals surface area contributed by atoms with Crippen molar-refractivity contribution in [1.29, 1.82) is 0 Å². The van der Waals surface area contributed by atoms with Crippen molar-refractivity contribution in [3.05, 3.63) is 54.8 Å². The van der Waals surface area contributed by atoms with Crippen LogP contribution in [0.15, 0.2) is 49.8 Å². The van der Waals surface area contributed by atoms with E-state index in [1.807, 2.05) is 36.4 Å². The fourth-order valence-corrected chi connectivity index (χ4v) is 2.98. The zero-order chi connectivity index (χ0) is 12.4. The Kier molecular flexibility index (Phi) is 4.53. The molecule has 88 valence electrons. The van der Waals surface area contributed by atoms with Crippen molar-refractivity contribution in [3.63, 3.8) is 0 Å². The number of hydrogen-bond acceptors (Lipinski definition) is 1. The van der Waals surface area contributed by atoms with Crippen molar-refractivity contribution in [1.82, 2.24) is 0 Å². The van der Waals surface area contributed by atoms with E-state index in [1.54, 1.807) is 0 Å². The maximum Gasteiger partial charge on any atom is 0.143 e. The number of para-hydroxylation sites is 1. The molecule has 0 aliphatic rings. The smallest absolute Gasteiger partial charge is 0.143 e. The summed E-state index contributed by atoms with van der Waals surface area (Å²) in [6, 6.07) is 11.4. The van der Waals surface area contributed by atoms with Crippen molar-refractivity contribution < 1.29 is 4.74 Å². The molecule has 0 atom stereocenters. The molecule has 2 aromatic carbocycles. The molecule has 0 saturated heterocycles. The van der Waals surface area contributed by atoms with Crippen LogP contribution in [0.4, 0.5) is 0 Å². The molecule has 0 bridgehead atoms. The zero-order valence-electron chi connectivity index (χ0n) is 8.38. The van der Waals surface area contributed by atoms with Gasteiger partial charge in [0.2, 0.25) is 0 Å². The van der Waals surface area contributed by atoms with Crippen LogP contribution in [0.2, 0.25) is 5.02 Å². The van der Waals surface area contributed by atoms with E-state index < -0.39 is 0 Å². The van der Waals surface area contributed by atoms with Crippen LogP contribution in [-0.2, 0) is 0 Å². The SMILES string of the molecule is Clc1c(Br)cc(Oc2ccccc2)c(Br)c1Br. The second-order valence-electron chi connectivity index (χ2n) is 3.21. The van der Waals surface area contributed by atoms with Gasteiger partial charge in [0.1, 0.15) is 11.5 Å². The molecule has 0 aliphatic carbocycles. The topological polar surface area (TPSA) is 9.23 Å². The molecule has 2 aromatic rings. The summed E-state index contributed by atoms with van der Waals surface area (Å²) in [6.07, 6.45) is 0. The predicted octanol–water partition coefficient (Wildman–Crippen LogP) is 6.42. The zero-order valence-corrected chi connectivity index (χ0v) is 13.9. The third-order valence-corrected chi connectivity index (χ3v) is 5.63. The fourth-order valence-electron chi connectivity index (χ4n) is 1.24. The molecule has 0 spiro atoms. The maximum atomic E-state index is 6.08. The largest absolute Gasteiger partial charge is 0.456 e. The van der Waals surface area contributed by atoms with E-state index in [-0.39, 0.29) is 0 Å². The third kappa shape index (κ3) is 3.05. The number of ether oxygens (including phenoxy) is 1. The molecular formula is C12H6Br3ClO. The first-order chi connectivity index (χ1) is 8.09. The quantitative estimate of drug-likeness (QED) is 0.386. The Bertz CT molecular complexity index is 543. The Morgan fingerprint density at radius 3 is 2.24 bits per heavy atom. The molecule has 0 amide bonds. The molecule has 1 nitrogen and oxygen atoms in total. The first kappa shape index (κ1) is 13.4. The van der Waals surface area contributed by atoms with Gasteiger partial charge in [-0.15, -0.1) is 0 Å². The molecule has 0 radical (unpaired) electrons. The molecule has 17 heavy (non-hydrogen) atoms. The Balaban J connectivity index is 2.41. The van der Waals surface area contributed by atoms with Gasteiger partial charge >= 0.3 is 0 Å². The predicted molar refractivity (Wildman–Crippen MR) is 81.1 cm³/mol. The third-order valence-electron chi connectivity index (χ3n) is 2.04. The second kappa shape index (κ2) is 5.74. The molecule has 0 N–H and O–H groups in total. The summed E-state index contributed by atoms with van der Waals surface area (Å²) >= 11 is 16.3. The van der Waals surface area contributed by atoms with E-state index in [2.05, 4.69) is 47.8 Å². The number of hydrogen-bond donors (Lipinski definition) is 0. The molecule has 0 aliphatic heterocycles. The molecule has 0 heterocycles. The molecule has 0 saturated carbocycles. The monoisotopic (exact) mass is 438 g/mol. The molecule has 2 rings (SSSR count). The lowest BCUT2D eigenvalue weighted by atomic mass is 10.3. The molecule has 0 aromatic heterocycles. The second-order valence-corrected chi connectivity index (χ2v) is 6.03. The highest BCUT2D eigenvalue weighted by Gasteiger charge is 2.13. The summed E-state index contributed by atoms with van der Waals surface area (Å²) in [7, 11) is 0. The van der Waals surface area contributed by atoms with Gasteiger partial charge < -0.3 is 4.74 Å². The van der Waals surface area contributed by atoms with Gasteiger partial charge in [0.25, 0.3) is 0 Å². The lowest BCUT2D eigenvalue weighted by Crippen LogP contribution is -1.87. The summed E-state index contributed by atoms with van der Waals surface area (Å²) in [4.78, 5) is 0. The molecule has 0 fully saturated rings. The van der Waals surface area contributed by atoms with Crippen LogP contribution in [0, 0.1) is 0 Å². The van der Waals surface area contributed by atoms with Crippen molar-refractivity contribution >= 4 is 59.4 Å². The van der Waals surface area contributed by atoms with Crippen LogP contribution in [0.3, 0.4) is 0 Å². The van der Waals surface area contributed by atoms with Gasteiger partial charge in [-0.2, -0.15) is 0 Å². The Hall–Kier alpha value is -0.0300. The van der Waals surface area contributed by atoms with E-state index >= 15 is 0 Å². The van der Waals surface area contributed by atoms with Crippen LogP contribution < -0.4 is 4.74 Å². The van der Waals surface area contributed by atoms with Crippen molar-refractivity contribution in [2.45, 2.75) is 0 Å². The lowest BCUT2D eigenvalue weighted by molar-refractivity contribution is 0.479. The van der Waals surface area contributed by atoms with Crippen molar-refractivity contribution in [2.75, 3.05) is 0 Å². The minimum absolute atomic E-state index is 0.609. The number of benzene rings is 2. The van der Waals surface area contributed by atoms with E-state index in [1.165, 1.54) is 0 Å². The van der Waals surface area contributed by atoms with Crippen molar-refractivity contribution in [2.24, 2.45) is 0 Å². The first-order valence-electron chi connectivity index (χ1n) is 4.65. The van der Waals surface area contributed by atoms with Crippen LogP contribution >= 0.6 is 59.4 Å². The van der Waals surface area contributed by atoms with Gasteiger partial charge in [-0.3, -0.25) is 0 Å². The Morgan fingerprint density at radius 2 is 1.59 bits per heavy atom. The average molecular weight is 441 g/mol. The van der Waals surface area contributed by atoms with E-state index in [0.717, 1.165) is 19.2 Å². The van der Waals surface area contributed by atoms with Crippen LogP contribution in [0.1, 0.15) is 0 Å². The normalized spacial score (nSPS) is 10.4. The standard InChI is InChI=1S/C12H6Br3ClO/c13-8-6-9(10(14)11(15)12(8)16)17-7-4-2-1-3-5-7/h1-6H. The number of rotatable bonds is 2. The van der Waals surface area contributed by atoms with Gasteiger partial charge in [0.05, 0.1) is 14.0 Å². The van der Waals surface area contributed by atoms with Gasteiger partial charge in [-0.05, 0) is 66.0 Å². The summed E-state index contributed by atoms with van der Waals surface area (Å²) in [5.41, 5.74) is 0. The first-order valence-corrected chi connectivity index (χ1v) is 7.41. The maximum absolute atomic E-state index is 6.08. The average Bonchev–Trinajstić information content (AvgIpc) is 2.35. The van der Waals surface area contributed by atoms with Gasteiger partial charge in [-0.1, -0.05) is 29.8 Å². The fraction of sp³-hybridized carbons (Fsp3) is 0. The Labute approximate surface area is 130 Å². The minimum Gasteiger partial charge on any atom is -0.456 e. The number of halogens is 4. The lowest BCUT2D eigenvalue weighted by Gasteiger charge is -2.11. The van der Waals surface area contributed by atoms with Crippen molar-refractivity contribution in [3.8, 4) is 11.5 Å². The minimum atomic E-state index is 0.609. The van der Waals surface area contributed by atoms with Gasteiger partial charge in [0.15, 0.2) is 0 Å². The molecule has 0 unspecified atom stereocenters.